The van der Waals surface area contributed by atoms with E-state index < -0.39 is 0 Å². The molecule has 2 aromatic heterocycles. The maximum atomic E-state index is 5.41. The molecule has 2 heterocycles. The smallest absolute Gasteiger partial charge is 0.164 e. The first kappa shape index (κ1) is 43.1. The monoisotopic (exact) mass is 943 g/mol. The third kappa shape index (κ3) is 7.62. The number of hydrogen-bond acceptors (Lipinski definition) is 5. The molecule has 346 valence electrons. The van der Waals surface area contributed by atoms with Gasteiger partial charge in [-0.1, -0.05) is 237 Å². The molecule has 2 unspecified atom stereocenters. The first-order chi connectivity index (χ1) is 36.7. The summed E-state index contributed by atoms with van der Waals surface area (Å²) in [5.41, 5.74) is 22.4. The van der Waals surface area contributed by atoms with E-state index in [0.29, 0.717) is 23.3 Å². The number of benzene rings is 10. The predicted molar refractivity (Wildman–Crippen MR) is 299 cm³/mol. The van der Waals surface area contributed by atoms with Gasteiger partial charge >= 0.3 is 0 Å². The van der Waals surface area contributed by atoms with Gasteiger partial charge in [-0.3, -0.25) is 0 Å². The molecule has 0 saturated carbocycles. The Hall–Kier alpha value is -9.71. The fourth-order valence-electron chi connectivity index (χ4n) is 11.3. The third-order valence-electron chi connectivity index (χ3n) is 14.8. The minimum Gasteiger partial charge on any atom is -0.228 e. The Labute approximate surface area is 430 Å². The summed E-state index contributed by atoms with van der Waals surface area (Å²) in [7, 11) is 0. The summed E-state index contributed by atoms with van der Waals surface area (Å²) < 4.78 is 0. The highest BCUT2D eigenvalue weighted by atomic mass is 15.0. The SMILES string of the molecule is c1ccc(-c2ccc(-c3ccccc3)c(-c3ccccc3-c3cc(-c4ccc5c(c4)C4c6ccccc6C5c5cc(-c6nc(-c7ccccc7)nc(-c7ccccc7)n6)ccc54)nc(-c4ccccc4)n3)c2)cc1. The lowest BCUT2D eigenvalue weighted by Gasteiger charge is -2.42. The number of nitrogens with zero attached hydrogens (tertiary/aromatic N) is 5. The van der Waals surface area contributed by atoms with Gasteiger partial charge in [0.1, 0.15) is 0 Å². The van der Waals surface area contributed by atoms with Crippen LogP contribution in [0.15, 0.2) is 261 Å². The molecule has 5 heteroatoms. The minimum atomic E-state index is 0.0252. The summed E-state index contributed by atoms with van der Waals surface area (Å²) in [4.78, 5) is 26.0. The molecule has 0 fully saturated rings. The van der Waals surface area contributed by atoms with Crippen LogP contribution in [0.5, 0.6) is 0 Å². The molecule has 74 heavy (non-hydrogen) atoms. The van der Waals surface area contributed by atoms with Gasteiger partial charge < -0.3 is 0 Å². The highest BCUT2D eigenvalue weighted by Gasteiger charge is 2.41. The molecule has 0 N–H and O–H groups in total. The first-order valence-corrected chi connectivity index (χ1v) is 25.2. The molecular formula is C69H45N5. The fraction of sp³-hybridized carbons (Fsp3) is 0.0290. The van der Waals surface area contributed by atoms with Crippen LogP contribution >= 0.6 is 0 Å². The maximum Gasteiger partial charge on any atom is 0.164 e. The second-order valence-electron chi connectivity index (χ2n) is 19.1. The Balaban J connectivity index is 0.903. The summed E-state index contributed by atoms with van der Waals surface area (Å²) in [5, 5.41) is 0. The topological polar surface area (TPSA) is 64.5 Å². The van der Waals surface area contributed by atoms with Gasteiger partial charge in [-0.2, -0.15) is 0 Å². The van der Waals surface area contributed by atoms with Crippen molar-refractivity contribution in [1.29, 1.82) is 0 Å². The van der Waals surface area contributed by atoms with Gasteiger partial charge in [0.25, 0.3) is 0 Å². The van der Waals surface area contributed by atoms with Crippen LogP contribution in [0, 0.1) is 0 Å². The van der Waals surface area contributed by atoms with Crippen molar-refractivity contribution in [3.8, 4) is 101 Å². The van der Waals surface area contributed by atoms with Crippen LogP contribution in [0.4, 0.5) is 0 Å². The fourth-order valence-corrected chi connectivity index (χ4v) is 11.3. The Morgan fingerprint density at radius 2 is 0.581 bits per heavy atom. The van der Waals surface area contributed by atoms with Crippen molar-refractivity contribution in [2.75, 3.05) is 0 Å². The van der Waals surface area contributed by atoms with Crippen molar-refractivity contribution in [3.05, 3.63) is 294 Å². The second kappa shape index (κ2) is 18.2. The largest absolute Gasteiger partial charge is 0.228 e. The lowest BCUT2D eigenvalue weighted by atomic mass is 9.60. The van der Waals surface area contributed by atoms with E-state index in [0.717, 1.165) is 72.6 Å². The molecule has 0 spiro atoms. The summed E-state index contributed by atoms with van der Waals surface area (Å²) in [6, 6.07) is 92.5. The van der Waals surface area contributed by atoms with E-state index in [1.54, 1.807) is 0 Å². The van der Waals surface area contributed by atoms with Crippen molar-refractivity contribution in [2.24, 2.45) is 0 Å². The first-order valence-electron chi connectivity index (χ1n) is 25.2. The van der Waals surface area contributed by atoms with E-state index in [2.05, 4.69) is 218 Å². The third-order valence-corrected chi connectivity index (χ3v) is 14.8. The molecule has 12 aromatic rings. The van der Waals surface area contributed by atoms with E-state index in [9.17, 15) is 0 Å². The van der Waals surface area contributed by atoms with Crippen molar-refractivity contribution in [2.45, 2.75) is 11.8 Å². The van der Waals surface area contributed by atoms with Gasteiger partial charge in [-0.15, -0.1) is 0 Å². The Bertz CT molecular complexity index is 4010. The van der Waals surface area contributed by atoms with Crippen LogP contribution in [0.1, 0.15) is 45.2 Å². The normalized spacial score (nSPS) is 13.9. The minimum absolute atomic E-state index is 0.0252. The Morgan fingerprint density at radius 3 is 1.14 bits per heavy atom. The van der Waals surface area contributed by atoms with E-state index in [-0.39, 0.29) is 11.8 Å². The average Bonchev–Trinajstić information content (AvgIpc) is 3.52. The molecule has 3 aliphatic rings. The number of rotatable bonds is 9. The van der Waals surface area contributed by atoms with Gasteiger partial charge in [0.05, 0.1) is 11.4 Å². The van der Waals surface area contributed by atoms with Gasteiger partial charge in [0.2, 0.25) is 0 Å². The number of hydrogen-bond donors (Lipinski definition) is 0. The molecule has 2 bridgehead atoms. The van der Waals surface area contributed by atoms with Gasteiger partial charge in [0, 0.05) is 45.2 Å². The molecule has 0 saturated heterocycles. The lowest BCUT2D eigenvalue weighted by molar-refractivity contribution is 0.754. The molecule has 5 nitrogen and oxygen atoms in total. The molecule has 15 rings (SSSR count). The Morgan fingerprint density at radius 1 is 0.189 bits per heavy atom. The molecule has 0 amide bonds. The van der Waals surface area contributed by atoms with Crippen molar-refractivity contribution in [1.82, 2.24) is 24.9 Å². The second-order valence-corrected chi connectivity index (χ2v) is 19.1. The summed E-state index contributed by atoms with van der Waals surface area (Å²) in [6.07, 6.45) is 0. The maximum absolute atomic E-state index is 5.41. The van der Waals surface area contributed by atoms with Crippen molar-refractivity contribution >= 4 is 0 Å². The zero-order chi connectivity index (χ0) is 49.0. The van der Waals surface area contributed by atoms with Gasteiger partial charge in [-0.25, -0.2) is 24.9 Å². The van der Waals surface area contributed by atoms with E-state index in [1.165, 1.54) is 38.9 Å². The molecule has 2 atom stereocenters. The predicted octanol–water partition coefficient (Wildman–Crippen LogP) is 16.7. The summed E-state index contributed by atoms with van der Waals surface area (Å²) in [6.45, 7) is 0. The van der Waals surface area contributed by atoms with Crippen molar-refractivity contribution < 1.29 is 0 Å². The van der Waals surface area contributed by atoms with Crippen LogP contribution in [0.25, 0.3) is 101 Å². The van der Waals surface area contributed by atoms with Crippen LogP contribution in [0.3, 0.4) is 0 Å². The molecule has 0 aliphatic heterocycles. The number of aromatic nitrogens is 5. The van der Waals surface area contributed by atoms with Crippen LogP contribution < -0.4 is 0 Å². The molecule has 10 aromatic carbocycles. The van der Waals surface area contributed by atoms with Crippen LogP contribution in [-0.2, 0) is 0 Å². The zero-order valence-corrected chi connectivity index (χ0v) is 40.2. The van der Waals surface area contributed by atoms with Crippen LogP contribution in [-0.4, -0.2) is 24.9 Å². The molecular weight excluding hydrogens is 899 g/mol. The zero-order valence-electron chi connectivity index (χ0n) is 40.2. The summed E-state index contributed by atoms with van der Waals surface area (Å²) in [5.74, 6) is 2.69. The molecule has 0 radical (unpaired) electrons. The quantitative estimate of drug-likeness (QED) is 0.144. The van der Waals surface area contributed by atoms with E-state index >= 15 is 0 Å². The highest BCUT2D eigenvalue weighted by Crippen LogP contribution is 2.57. The highest BCUT2D eigenvalue weighted by molar-refractivity contribution is 5.94. The standard InChI is InChI=1S/C69H45N5/c1-6-20-44(21-7-1)49-34-37-52(45-22-8-2-9-23-45)59(40-49)53-30-16-17-31-54(53)63-43-62(70-66(71-63)46-24-10-3-11-25-46)50-35-38-57-60(41-50)64-55-32-18-19-33-56(55)65(57)61-42-51(36-39-58(61)64)69-73-67(47-26-12-4-13-27-47)72-68(74-69)48-28-14-5-15-29-48/h1-43,64-65H. The lowest BCUT2D eigenvalue weighted by Crippen LogP contribution is -2.27. The van der Waals surface area contributed by atoms with Crippen molar-refractivity contribution in [3.63, 3.8) is 0 Å². The summed E-state index contributed by atoms with van der Waals surface area (Å²) >= 11 is 0. The molecule has 3 aliphatic carbocycles. The average molecular weight is 944 g/mol. The van der Waals surface area contributed by atoms with Crippen LogP contribution in [0.2, 0.25) is 0 Å². The van der Waals surface area contributed by atoms with E-state index in [4.69, 9.17) is 24.9 Å². The van der Waals surface area contributed by atoms with E-state index in [1.807, 2.05) is 42.5 Å². The van der Waals surface area contributed by atoms with Gasteiger partial charge in [-0.05, 0) is 91.0 Å². The Kier molecular flexibility index (Phi) is 10.6. The van der Waals surface area contributed by atoms with Gasteiger partial charge in [0.15, 0.2) is 23.3 Å².